The zero-order chi connectivity index (χ0) is 24.0. The third-order valence-electron chi connectivity index (χ3n) is 4.86. The number of anilines is 2. The summed E-state index contributed by atoms with van der Waals surface area (Å²) in [5.41, 5.74) is 3.50. The summed E-state index contributed by atoms with van der Waals surface area (Å²) < 4.78 is 31.1. The molecule has 0 saturated carbocycles. The van der Waals surface area contributed by atoms with Crippen LogP contribution in [0.4, 0.5) is 11.4 Å². The van der Waals surface area contributed by atoms with Gasteiger partial charge in [-0.1, -0.05) is 30.3 Å². The molecule has 0 radical (unpaired) electrons. The van der Waals surface area contributed by atoms with Crippen molar-refractivity contribution >= 4 is 33.3 Å². The summed E-state index contributed by atoms with van der Waals surface area (Å²) in [6, 6.07) is 20.5. The first kappa shape index (κ1) is 24.0. The minimum absolute atomic E-state index is 0.145. The summed E-state index contributed by atoms with van der Waals surface area (Å²) in [6.07, 6.45) is 1.17. The molecule has 0 aliphatic rings. The predicted molar refractivity (Wildman–Crippen MR) is 129 cm³/mol. The van der Waals surface area contributed by atoms with Gasteiger partial charge in [-0.05, 0) is 67.4 Å². The van der Waals surface area contributed by atoms with Crippen molar-refractivity contribution in [3.8, 4) is 0 Å². The number of amides is 1. The lowest BCUT2D eigenvalue weighted by Gasteiger charge is -2.23. The molecule has 3 aromatic carbocycles. The Morgan fingerprint density at radius 2 is 1.64 bits per heavy atom. The fourth-order valence-corrected chi connectivity index (χ4v) is 4.13. The van der Waals surface area contributed by atoms with Crippen molar-refractivity contribution in [2.45, 2.75) is 20.4 Å². The van der Waals surface area contributed by atoms with Gasteiger partial charge in [-0.25, -0.2) is 13.2 Å². The monoisotopic (exact) mass is 466 g/mol. The second-order valence-corrected chi connectivity index (χ2v) is 9.47. The minimum atomic E-state index is -3.50. The van der Waals surface area contributed by atoms with Crippen molar-refractivity contribution in [3.05, 3.63) is 95.1 Å². The lowest BCUT2D eigenvalue weighted by Crippen LogP contribution is -2.29. The molecule has 33 heavy (non-hydrogen) atoms. The first-order valence-electron chi connectivity index (χ1n) is 10.4. The fraction of sp³-hybridized carbons (Fsp3) is 0.200. The lowest BCUT2D eigenvalue weighted by molar-refractivity contribution is 0.0526. The molecule has 0 spiro atoms. The Morgan fingerprint density at radius 3 is 2.27 bits per heavy atom. The molecular weight excluding hydrogens is 440 g/mol. The third kappa shape index (κ3) is 6.43. The number of nitrogens with one attached hydrogen (secondary N) is 1. The topological polar surface area (TPSA) is 92.8 Å². The molecule has 0 fully saturated rings. The summed E-state index contributed by atoms with van der Waals surface area (Å²) in [4.78, 5) is 24.5. The Hall–Kier alpha value is -3.65. The molecule has 0 atom stereocenters. The lowest BCUT2D eigenvalue weighted by atomic mass is 10.1. The molecule has 0 unspecified atom stereocenters. The maximum Gasteiger partial charge on any atom is 0.338 e. The van der Waals surface area contributed by atoms with E-state index in [0.717, 1.165) is 11.1 Å². The van der Waals surface area contributed by atoms with Gasteiger partial charge in [0.1, 0.15) is 0 Å². The van der Waals surface area contributed by atoms with Crippen LogP contribution in [0.2, 0.25) is 0 Å². The third-order valence-corrected chi connectivity index (χ3v) is 6.00. The number of nitrogens with zero attached hydrogens (tertiary/aromatic N) is 1. The number of rotatable bonds is 8. The van der Waals surface area contributed by atoms with Gasteiger partial charge in [-0.2, -0.15) is 0 Å². The Labute approximate surface area is 194 Å². The standard InChI is InChI=1S/C25H26N2O5S/c1-4-32-25(29)21-8-6-9-22(16-21)26-24(28)20-13-11-19(12-14-20)17-27(33(3,30)31)23-10-5-7-18(2)15-23/h5-16H,4,17H2,1-3H3,(H,26,28). The largest absolute Gasteiger partial charge is 0.462 e. The summed E-state index contributed by atoms with van der Waals surface area (Å²) in [6.45, 7) is 4.04. The fourth-order valence-electron chi connectivity index (χ4n) is 3.25. The minimum Gasteiger partial charge on any atom is -0.462 e. The smallest absolute Gasteiger partial charge is 0.338 e. The molecule has 0 aliphatic carbocycles. The Kier molecular flexibility index (Phi) is 7.50. The van der Waals surface area contributed by atoms with E-state index in [1.165, 1.54) is 10.6 Å². The van der Waals surface area contributed by atoms with E-state index >= 15 is 0 Å². The Morgan fingerprint density at radius 1 is 0.939 bits per heavy atom. The first-order valence-corrected chi connectivity index (χ1v) is 12.2. The van der Waals surface area contributed by atoms with Crippen molar-refractivity contribution < 1.29 is 22.7 Å². The highest BCUT2D eigenvalue weighted by molar-refractivity contribution is 7.92. The zero-order valence-corrected chi connectivity index (χ0v) is 19.6. The summed E-state index contributed by atoms with van der Waals surface area (Å²) in [5.74, 6) is -0.803. The van der Waals surface area contributed by atoms with E-state index in [-0.39, 0.29) is 19.1 Å². The van der Waals surface area contributed by atoms with Crippen LogP contribution in [0.25, 0.3) is 0 Å². The van der Waals surface area contributed by atoms with Crippen LogP contribution in [0.1, 0.15) is 38.8 Å². The Balaban J connectivity index is 1.73. The number of aryl methyl sites for hydroxylation is 1. The number of ether oxygens (including phenoxy) is 1. The van der Waals surface area contributed by atoms with Crippen LogP contribution in [0, 0.1) is 6.92 Å². The molecule has 172 valence electrons. The van der Waals surface area contributed by atoms with Crippen LogP contribution in [0.15, 0.2) is 72.8 Å². The second kappa shape index (κ2) is 10.3. The van der Waals surface area contributed by atoms with Gasteiger partial charge < -0.3 is 10.1 Å². The number of hydrogen-bond donors (Lipinski definition) is 1. The SMILES string of the molecule is CCOC(=O)c1cccc(NC(=O)c2ccc(CN(c3cccc(C)c3)S(C)(=O)=O)cc2)c1. The van der Waals surface area contributed by atoms with Crippen molar-refractivity contribution in [1.82, 2.24) is 0 Å². The molecule has 3 aromatic rings. The van der Waals surface area contributed by atoms with Gasteiger partial charge in [0.15, 0.2) is 0 Å². The first-order chi connectivity index (χ1) is 15.7. The van der Waals surface area contributed by atoms with E-state index in [0.29, 0.717) is 22.5 Å². The van der Waals surface area contributed by atoms with Crippen molar-refractivity contribution in [2.24, 2.45) is 0 Å². The van der Waals surface area contributed by atoms with E-state index in [1.807, 2.05) is 25.1 Å². The molecule has 0 heterocycles. The molecule has 7 nitrogen and oxygen atoms in total. The highest BCUT2D eigenvalue weighted by Gasteiger charge is 2.18. The molecule has 3 rings (SSSR count). The summed E-state index contributed by atoms with van der Waals surface area (Å²) in [5, 5.41) is 2.76. The van der Waals surface area contributed by atoms with E-state index in [9.17, 15) is 18.0 Å². The van der Waals surface area contributed by atoms with Crippen LogP contribution in [0.5, 0.6) is 0 Å². The van der Waals surface area contributed by atoms with Crippen LogP contribution < -0.4 is 9.62 Å². The molecule has 0 saturated heterocycles. The molecule has 8 heteroatoms. The van der Waals surface area contributed by atoms with E-state index < -0.39 is 16.0 Å². The van der Waals surface area contributed by atoms with Gasteiger partial charge in [0.2, 0.25) is 10.0 Å². The maximum absolute atomic E-state index is 12.6. The van der Waals surface area contributed by atoms with E-state index in [1.54, 1.807) is 61.5 Å². The van der Waals surface area contributed by atoms with Crippen molar-refractivity contribution in [3.63, 3.8) is 0 Å². The van der Waals surface area contributed by atoms with Crippen molar-refractivity contribution in [2.75, 3.05) is 22.5 Å². The highest BCUT2D eigenvalue weighted by atomic mass is 32.2. The van der Waals surface area contributed by atoms with Crippen LogP contribution >= 0.6 is 0 Å². The average molecular weight is 467 g/mol. The van der Waals surface area contributed by atoms with Crippen molar-refractivity contribution in [1.29, 1.82) is 0 Å². The van der Waals surface area contributed by atoms with Gasteiger partial charge in [0, 0.05) is 11.3 Å². The van der Waals surface area contributed by atoms with Gasteiger partial charge in [0.05, 0.1) is 30.7 Å². The highest BCUT2D eigenvalue weighted by Crippen LogP contribution is 2.22. The molecule has 0 aromatic heterocycles. The number of esters is 1. The van der Waals surface area contributed by atoms with E-state index in [4.69, 9.17) is 4.74 Å². The zero-order valence-electron chi connectivity index (χ0n) is 18.7. The maximum atomic E-state index is 12.6. The second-order valence-electron chi connectivity index (χ2n) is 7.56. The number of benzene rings is 3. The molecule has 1 N–H and O–H groups in total. The van der Waals surface area contributed by atoms with Crippen LogP contribution in [-0.2, 0) is 21.3 Å². The molecular formula is C25H26N2O5S. The van der Waals surface area contributed by atoms with Gasteiger partial charge >= 0.3 is 5.97 Å². The van der Waals surface area contributed by atoms with E-state index in [2.05, 4.69) is 5.32 Å². The van der Waals surface area contributed by atoms with Gasteiger partial charge in [-0.15, -0.1) is 0 Å². The average Bonchev–Trinajstić information content (AvgIpc) is 2.77. The van der Waals surface area contributed by atoms with Crippen LogP contribution in [0.3, 0.4) is 0 Å². The summed E-state index contributed by atoms with van der Waals surface area (Å²) in [7, 11) is -3.50. The summed E-state index contributed by atoms with van der Waals surface area (Å²) >= 11 is 0. The number of carbonyl (C=O) groups is 2. The van der Waals surface area contributed by atoms with Crippen LogP contribution in [-0.4, -0.2) is 33.2 Å². The molecule has 0 aliphatic heterocycles. The predicted octanol–water partition coefficient (Wildman–Crippen LogP) is 4.39. The normalized spacial score (nSPS) is 11.0. The molecule has 1 amide bonds. The van der Waals surface area contributed by atoms with Gasteiger partial charge in [-0.3, -0.25) is 9.10 Å². The number of carbonyl (C=O) groups excluding carboxylic acids is 2. The Bertz CT molecular complexity index is 1250. The molecule has 0 bridgehead atoms. The number of sulfonamides is 1. The van der Waals surface area contributed by atoms with Gasteiger partial charge in [0.25, 0.3) is 5.91 Å². The quantitative estimate of drug-likeness (QED) is 0.497. The number of hydrogen-bond acceptors (Lipinski definition) is 5.